The number of nitrogens with two attached hydrogens (primary N) is 1. The first-order valence-corrected chi connectivity index (χ1v) is 6.83. The van der Waals surface area contributed by atoms with E-state index in [1.807, 2.05) is 0 Å². The summed E-state index contributed by atoms with van der Waals surface area (Å²) in [5.41, 5.74) is 3.22. The lowest BCUT2D eigenvalue weighted by molar-refractivity contribution is 0.535. The van der Waals surface area contributed by atoms with Crippen LogP contribution in [0, 0.1) is 11.6 Å². The molecule has 7 heteroatoms. The van der Waals surface area contributed by atoms with Crippen molar-refractivity contribution in [3.8, 4) is 0 Å². The minimum atomic E-state index is -0.681. The number of rotatable bonds is 3. The molecule has 0 saturated carbocycles. The standard InChI is InChI=1S/C12H9Br2F2N3/c13-6-3-9(14)12(18-5-6)11(19-17)8-2-1-7(15)4-10(8)16/h1-5,11,19H,17H2. The molecule has 100 valence electrons. The fraction of sp³-hybridized carbons (Fsp3) is 0.0833. The Morgan fingerprint density at radius 1 is 1.21 bits per heavy atom. The lowest BCUT2D eigenvalue weighted by Crippen LogP contribution is -2.30. The molecule has 0 aliphatic heterocycles. The number of hydrogen-bond donors (Lipinski definition) is 2. The summed E-state index contributed by atoms with van der Waals surface area (Å²) in [7, 11) is 0. The topological polar surface area (TPSA) is 50.9 Å². The Bertz CT molecular complexity index is 556. The zero-order chi connectivity index (χ0) is 14.0. The Hall–Kier alpha value is -0.890. The van der Waals surface area contributed by atoms with E-state index >= 15 is 0 Å². The van der Waals surface area contributed by atoms with E-state index in [4.69, 9.17) is 5.84 Å². The van der Waals surface area contributed by atoms with E-state index < -0.39 is 17.7 Å². The average molecular weight is 393 g/mol. The van der Waals surface area contributed by atoms with Crippen LogP contribution in [0.25, 0.3) is 0 Å². The highest BCUT2D eigenvalue weighted by Crippen LogP contribution is 2.29. The van der Waals surface area contributed by atoms with Crippen LogP contribution in [0.3, 0.4) is 0 Å². The SMILES string of the molecule is NNC(c1ccc(F)cc1F)c1ncc(Br)cc1Br. The highest BCUT2D eigenvalue weighted by Gasteiger charge is 2.20. The molecule has 0 radical (unpaired) electrons. The van der Waals surface area contributed by atoms with Crippen LogP contribution in [0.1, 0.15) is 17.3 Å². The van der Waals surface area contributed by atoms with E-state index in [1.54, 1.807) is 12.3 Å². The van der Waals surface area contributed by atoms with E-state index in [0.29, 0.717) is 10.2 Å². The average Bonchev–Trinajstić information content (AvgIpc) is 2.34. The van der Waals surface area contributed by atoms with Gasteiger partial charge in [-0.05, 0) is 44.0 Å². The van der Waals surface area contributed by atoms with Crippen LogP contribution in [-0.2, 0) is 0 Å². The van der Waals surface area contributed by atoms with E-state index in [9.17, 15) is 8.78 Å². The van der Waals surface area contributed by atoms with E-state index in [0.717, 1.165) is 10.5 Å². The van der Waals surface area contributed by atoms with Crippen LogP contribution in [0.15, 0.2) is 39.4 Å². The molecule has 0 aliphatic carbocycles. The molecule has 1 aromatic heterocycles. The Labute approximate surface area is 125 Å². The minimum Gasteiger partial charge on any atom is -0.271 e. The van der Waals surface area contributed by atoms with Gasteiger partial charge in [-0.25, -0.2) is 14.2 Å². The molecule has 0 bridgehead atoms. The maximum atomic E-state index is 13.8. The van der Waals surface area contributed by atoms with Crippen molar-refractivity contribution in [1.29, 1.82) is 0 Å². The molecule has 0 fully saturated rings. The van der Waals surface area contributed by atoms with Gasteiger partial charge in [0.25, 0.3) is 0 Å². The number of hydrazine groups is 1. The molecular weight excluding hydrogens is 384 g/mol. The molecular formula is C12H9Br2F2N3. The molecule has 2 aromatic rings. The maximum absolute atomic E-state index is 13.8. The van der Waals surface area contributed by atoms with Gasteiger partial charge in [0.15, 0.2) is 0 Å². The predicted octanol–water partition coefficient (Wildman–Crippen LogP) is 3.44. The van der Waals surface area contributed by atoms with Crippen molar-refractivity contribution in [3.63, 3.8) is 0 Å². The predicted molar refractivity (Wildman–Crippen MR) is 75.2 cm³/mol. The maximum Gasteiger partial charge on any atom is 0.131 e. The van der Waals surface area contributed by atoms with Crippen LogP contribution in [0.2, 0.25) is 0 Å². The summed E-state index contributed by atoms with van der Waals surface area (Å²) in [6, 6.07) is 4.42. The summed E-state index contributed by atoms with van der Waals surface area (Å²) in [4.78, 5) is 4.19. The molecule has 3 nitrogen and oxygen atoms in total. The molecule has 1 heterocycles. The van der Waals surface area contributed by atoms with E-state index in [2.05, 4.69) is 42.3 Å². The zero-order valence-electron chi connectivity index (χ0n) is 9.50. The highest BCUT2D eigenvalue weighted by atomic mass is 79.9. The van der Waals surface area contributed by atoms with Gasteiger partial charge in [-0.3, -0.25) is 10.8 Å². The van der Waals surface area contributed by atoms with Gasteiger partial charge in [0.1, 0.15) is 11.6 Å². The van der Waals surface area contributed by atoms with Crippen molar-refractivity contribution in [2.75, 3.05) is 0 Å². The molecule has 3 N–H and O–H groups in total. The van der Waals surface area contributed by atoms with Crippen molar-refractivity contribution in [1.82, 2.24) is 10.4 Å². The first-order chi connectivity index (χ1) is 9.02. The number of nitrogens with one attached hydrogen (secondary N) is 1. The molecule has 2 rings (SSSR count). The van der Waals surface area contributed by atoms with Crippen LogP contribution < -0.4 is 11.3 Å². The third-order valence-electron chi connectivity index (χ3n) is 2.55. The van der Waals surface area contributed by atoms with E-state index in [1.165, 1.54) is 12.1 Å². The van der Waals surface area contributed by atoms with Gasteiger partial charge < -0.3 is 0 Å². The summed E-state index contributed by atoms with van der Waals surface area (Å²) in [5, 5.41) is 0. The number of hydrogen-bond acceptors (Lipinski definition) is 3. The van der Waals surface area contributed by atoms with E-state index in [-0.39, 0.29) is 5.56 Å². The molecule has 1 aromatic carbocycles. The van der Waals surface area contributed by atoms with Gasteiger partial charge in [-0.1, -0.05) is 6.07 Å². The van der Waals surface area contributed by atoms with Gasteiger partial charge in [0.05, 0.1) is 11.7 Å². The summed E-state index contributed by atoms with van der Waals surface area (Å²) in [5.74, 6) is 4.15. The van der Waals surface area contributed by atoms with Crippen LogP contribution in [0.4, 0.5) is 8.78 Å². The number of nitrogens with zero attached hydrogens (tertiary/aromatic N) is 1. The number of halogens is 4. The summed E-state index contributed by atoms with van der Waals surface area (Å²) in [6.07, 6.45) is 1.58. The number of benzene rings is 1. The van der Waals surface area contributed by atoms with Gasteiger partial charge in [0.2, 0.25) is 0 Å². The monoisotopic (exact) mass is 391 g/mol. The van der Waals surface area contributed by atoms with Gasteiger partial charge in [-0.15, -0.1) is 0 Å². The van der Waals surface area contributed by atoms with Gasteiger partial charge in [0, 0.05) is 26.8 Å². The molecule has 0 aliphatic rings. The molecule has 19 heavy (non-hydrogen) atoms. The molecule has 0 saturated heterocycles. The summed E-state index contributed by atoms with van der Waals surface area (Å²) < 4.78 is 28.2. The van der Waals surface area contributed by atoms with Crippen LogP contribution in [0.5, 0.6) is 0 Å². The second-order valence-electron chi connectivity index (χ2n) is 3.79. The summed E-state index contributed by atoms with van der Waals surface area (Å²) in [6.45, 7) is 0. The molecule has 0 spiro atoms. The minimum absolute atomic E-state index is 0.222. The summed E-state index contributed by atoms with van der Waals surface area (Å²) >= 11 is 6.62. The smallest absolute Gasteiger partial charge is 0.131 e. The zero-order valence-corrected chi connectivity index (χ0v) is 12.7. The number of aromatic nitrogens is 1. The number of pyridine rings is 1. The molecule has 1 unspecified atom stereocenters. The van der Waals surface area contributed by atoms with Crippen molar-refractivity contribution in [2.24, 2.45) is 5.84 Å². The Balaban J connectivity index is 2.50. The fourth-order valence-corrected chi connectivity index (χ4v) is 2.91. The second kappa shape index (κ2) is 6.04. The molecule has 0 amide bonds. The largest absolute Gasteiger partial charge is 0.271 e. The van der Waals surface area contributed by atoms with Crippen molar-refractivity contribution < 1.29 is 8.78 Å². The normalized spacial score (nSPS) is 12.5. The highest BCUT2D eigenvalue weighted by molar-refractivity contribution is 9.11. The Kier molecular flexibility index (Phi) is 4.62. The first-order valence-electron chi connectivity index (χ1n) is 5.25. The fourth-order valence-electron chi connectivity index (χ4n) is 1.69. The second-order valence-corrected chi connectivity index (χ2v) is 5.56. The molecule has 1 atom stereocenters. The Morgan fingerprint density at radius 2 is 1.95 bits per heavy atom. The van der Waals surface area contributed by atoms with Crippen molar-refractivity contribution in [3.05, 3.63) is 62.3 Å². The van der Waals surface area contributed by atoms with Crippen molar-refractivity contribution >= 4 is 31.9 Å². The van der Waals surface area contributed by atoms with Crippen molar-refractivity contribution in [2.45, 2.75) is 6.04 Å². The Morgan fingerprint density at radius 3 is 2.53 bits per heavy atom. The third-order valence-corrected chi connectivity index (χ3v) is 3.62. The third kappa shape index (κ3) is 3.17. The quantitative estimate of drug-likeness (QED) is 0.621. The van der Waals surface area contributed by atoms with Crippen LogP contribution >= 0.6 is 31.9 Å². The van der Waals surface area contributed by atoms with Gasteiger partial charge >= 0.3 is 0 Å². The lowest BCUT2D eigenvalue weighted by Gasteiger charge is -2.18. The first kappa shape index (κ1) is 14.5. The van der Waals surface area contributed by atoms with Crippen LogP contribution in [-0.4, -0.2) is 4.98 Å². The van der Waals surface area contributed by atoms with Gasteiger partial charge in [-0.2, -0.15) is 0 Å². The lowest BCUT2D eigenvalue weighted by atomic mass is 10.0.